The number of hydrogen-bond donors (Lipinski definition) is 1. The number of aliphatic hydroxyl groups is 1. The molecule has 0 unspecified atom stereocenters. The fourth-order valence-electron chi connectivity index (χ4n) is 1.70. The summed E-state index contributed by atoms with van der Waals surface area (Å²) in [6.45, 7) is 2.01. The van der Waals surface area contributed by atoms with Crippen LogP contribution in [0, 0.1) is 0 Å². The summed E-state index contributed by atoms with van der Waals surface area (Å²) in [7, 11) is 4.83. The SMILES string of the molecule is COc1ccc([C@H](O)CCN(C)C(C)=O)cc1OC. The van der Waals surface area contributed by atoms with Crippen molar-refractivity contribution in [1.82, 2.24) is 4.90 Å². The van der Waals surface area contributed by atoms with E-state index in [9.17, 15) is 9.90 Å². The van der Waals surface area contributed by atoms with Gasteiger partial charge in [0.25, 0.3) is 0 Å². The molecule has 0 radical (unpaired) electrons. The van der Waals surface area contributed by atoms with Gasteiger partial charge in [-0.05, 0) is 24.1 Å². The summed E-state index contributed by atoms with van der Waals surface area (Å²) >= 11 is 0. The second-order valence-electron chi connectivity index (χ2n) is 4.36. The van der Waals surface area contributed by atoms with Gasteiger partial charge >= 0.3 is 0 Å². The average Bonchev–Trinajstić information content (AvgIpc) is 2.43. The number of hydrogen-bond acceptors (Lipinski definition) is 4. The smallest absolute Gasteiger partial charge is 0.219 e. The van der Waals surface area contributed by atoms with Crippen LogP contribution in [0.2, 0.25) is 0 Å². The Morgan fingerprint density at radius 2 is 1.95 bits per heavy atom. The molecule has 106 valence electrons. The number of benzene rings is 1. The summed E-state index contributed by atoms with van der Waals surface area (Å²) in [5, 5.41) is 10.1. The van der Waals surface area contributed by atoms with Gasteiger partial charge in [-0.2, -0.15) is 0 Å². The van der Waals surface area contributed by atoms with Crippen molar-refractivity contribution in [3.05, 3.63) is 23.8 Å². The van der Waals surface area contributed by atoms with E-state index in [1.165, 1.54) is 6.92 Å². The molecule has 0 aliphatic heterocycles. The molecule has 0 saturated carbocycles. The molecule has 0 fully saturated rings. The van der Waals surface area contributed by atoms with E-state index in [4.69, 9.17) is 9.47 Å². The van der Waals surface area contributed by atoms with Crippen molar-refractivity contribution in [2.75, 3.05) is 27.8 Å². The summed E-state index contributed by atoms with van der Waals surface area (Å²) in [6, 6.07) is 5.29. The maximum atomic E-state index is 11.1. The molecule has 0 saturated heterocycles. The van der Waals surface area contributed by atoms with Gasteiger partial charge in [0.15, 0.2) is 11.5 Å². The van der Waals surface area contributed by atoms with Gasteiger partial charge in [-0.25, -0.2) is 0 Å². The second kappa shape index (κ2) is 6.99. The highest BCUT2D eigenvalue weighted by molar-refractivity contribution is 5.72. The van der Waals surface area contributed by atoms with Crippen LogP contribution in [0.5, 0.6) is 11.5 Å². The standard InChI is InChI=1S/C14H21NO4/c1-10(16)15(2)8-7-12(17)11-5-6-13(18-3)14(9-11)19-4/h5-6,9,12,17H,7-8H2,1-4H3/t12-/m1/s1. The molecule has 1 N–H and O–H groups in total. The van der Waals surface area contributed by atoms with Gasteiger partial charge in [-0.15, -0.1) is 0 Å². The molecule has 1 atom stereocenters. The van der Waals surface area contributed by atoms with Crippen molar-refractivity contribution in [3.8, 4) is 11.5 Å². The Morgan fingerprint density at radius 3 is 2.47 bits per heavy atom. The van der Waals surface area contributed by atoms with Gasteiger partial charge < -0.3 is 19.5 Å². The monoisotopic (exact) mass is 267 g/mol. The number of rotatable bonds is 6. The van der Waals surface area contributed by atoms with Crippen LogP contribution in [0.1, 0.15) is 25.0 Å². The Bertz CT molecular complexity index is 433. The third kappa shape index (κ3) is 4.13. The molecule has 1 aromatic carbocycles. The van der Waals surface area contributed by atoms with E-state index in [1.54, 1.807) is 44.4 Å². The molecule has 19 heavy (non-hydrogen) atoms. The summed E-state index contributed by atoms with van der Waals surface area (Å²) in [6.07, 6.45) is -0.160. The van der Waals surface area contributed by atoms with Crippen LogP contribution in [-0.2, 0) is 4.79 Å². The molecule has 0 aliphatic rings. The molecule has 0 bridgehead atoms. The van der Waals surface area contributed by atoms with Crippen molar-refractivity contribution >= 4 is 5.91 Å². The lowest BCUT2D eigenvalue weighted by Crippen LogP contribution is -2.26. The number of amides is 1. The predicted molar refractivity (Wildman–Crippen MR) is 72.4 cm³/mol. The molecule has 1 amide bonds. The molecule has 5 nitrogen and oxygen atoms in total. The molecule has 0 heterocycles. The van der Waals surface area contributed by atoms with Gasteiger partial charge in [0, 0.05) is 20.5 Å². The zero-order valence-electron chi connectivity index (χ0n) is 11.8. The Balaban J connectivity index is 2.71. The first-order valence-electron chi connectivity index (χ1n) is 6.11. The van der Waals surface area contributed by atoms with E-state index in [1.807, 2.05) is 0 Å². The van der Waals surface area contributed by atoms with Gasteiger partial charge in [0.05, 0.1) is 20.3 Å². The Labute approximate surface area is 113 Å². The van der Waals surface area contributed by atoms with Crippen LogP contribution in [-0.4, -0.2) is 43.7 Å². The number of aliphatic hydroxyl groups excluding tert-OH is 1. The maximum absolute atomic E-state index is 11.1. The number of ether oxygens (including phenoxy) is 2. The highest BCUT2D eigenvalue weighted by Crippen LogP contribution is 2.30. The van der Waals surface area contributed by atoms with Crippen molar-refractivity contribution in [3.63, 3.8) is 0 Å². The van der Waals surface area contributed by atoms with Gasteiger partial charge in [-0.1, -0.05) is 6.07 Å². The first-order chi connectivity index (χ1) is 8.99. The van der Waals surface area contributed by atoms with Crippen LogP contribution >= 0.6 is 0 Å². The van der Waals surface area contributed by atoms with E-state index in [0.29, 0.717) is 24.5 Å². The fourth-order valence-corrected chi connectivity index (χ4v) is 1.70. The van der Waals surface area contributed by atoms with Gasteiger partial charge in [0.2, 0.25) is 5.91 Å². The number of methoxy groups -OCH3 is 2. The summed E-state index contributed by atoms with van der Waals surface area (Å²) in [4.78, 5) is 12.7. The summed E-state index contributed by atoms with van der Waals surface area (Å²) < 4.78 is 10.3. The lowest BCUT2D eigenvalue weighted by molar-refractivity contribution is -0.127. The second-order valence-corrected chi connectivity index (χ2v) is 4.36. The van der Waals surface area contributed by atoms with Crippen molar-refractivity contribution in [2.24, 2.45) is 0 Å². The van der Waals surface area contributed by atoms with Crippen LogP contribution in [0.25, 0.3) is 0 Å². The Kier molecular flexibility index (Phi) is 5.63. The highest BCUT2D eigenvalue weighted by atomic mass is 16.5. The molecular weight excluding hydrogens is 246 g/mol. The highest BCUT2D eigenvalue weighted by Gasteiger charge is 2.13. The van der Waals surface area contributed by atoms with Gasteiger partial charge in [0.1, 0.15) is 0 Å². The molecular formula is C14H21NO4. The molecule has 1 aromatic rings. The third-order valence-corrected chi connectivity index (χ3v) is 3.07. The van der Waals surface area contributed by atoms with Crippen LogP contribution in [0.3, 0.4) is 0 Å². The van der Waals surface area contributed by atoms with Crippen LogP contribution in [0.15, 0.2) is 18.2 Å². The quantitative estimate of drug-likeness (QED) is 0.850. The number of nitrogens with zero attached hydrogens (tertiary/aromatic N) is 1. The lowest BCUT2D eigenvalue weighted by atomic mass is 10.1. The van der Waals surface area contributed by atoms with Crippen LogP contribution in [0.4, 0.5) is 0 Å². The van der Waals surface area contributed by atoms with E-state index in [-0.39, 0.29) is 5.91 Å². The van der Waals surface area contributed by atoms with Crippen LogP contribution < -0.4 is 9.47 Å². The fraction of sp³-hybridized carbons (Fsp3) is 0.500. The zero-order valence-corrected chi connectivity index (χ0v) is 11.8. The van der Waals surface area contributed by atoms with Crippen molar-refractivity contribution in [1.29, 1.82) is 0 Å². The van der Waals surface area contributed by atoms with Crippen molar-refractivity contribution < 1.29 is 19.4 Å². The topological polar surface area (TPSA) is 59.0 Å². The van der Waals surface area contributed by atoms with Crippen molar-refractivity contribution in [2.45, 2.75) is 19.4 Å². The predicted octanol–water partition coefficient (Wildman–Crippen LogP) is 1.61. The van der Waals surface area contributed by atoms with E-state index >= 15 is 0 Å². The third-order valence-electron chi connectivity index (χ3n) is 3.07. The van der Waals surface area contributed by atoms with E-state index < -0.39 is 6.10 Å². The first kappa shape index (κ1) is 15.3. The molecule has 0 aromatic heterocycles. The summed E-state index contributed by atoms with van der Waals surface area (Å²) in [5.74, 6) is 1.19. The Morgan fingerprint density at radius 1 is 1.32 bits per heavy atom. The average molecular weight is 267 g/mol. The molecule has 1 rings (SSSR count). The number of carbonyl (C=O) groups is 1. The Hall–Kier alpha value is -1.75. The summed E-state index contributed by atoms with van der Waals surface area (Å²) in [5.41, 5.74) is 0.745. The maximum Gasteiger partial charge on any atom is 0.219 e. The minimum absolute atomic E-state index is 0.0143. The lowest BCUT2D eigenvalue weighted by Gasteiger charge is -2.18. The van der Waals surface area contributed by atoms with E-state index in [0.717, 1.165) is 5.56 Å². The first-order valence-corrected chi connectivity index (χ1v) is 6.11. The van der Waals surface area contributed by atoms with Gasteiger partial charge in [-0.3, -0.25) is 4.79 Å². The minimum Gasteiger partial charge on any atom is -0.493 e. The van der Waals surface area contributed by atoms with E-state index in [2.05, 4.69) is 0 Å². The molecule has 0 aliphatic carbocycles. The molecule has 0 spiro atoms. The minimum atomic E-state index is -0.637. The normalized spacial score (nSPS) is 11.8. The number of carbonyl (C=O) groups excluding carboxylic acids is 1. The largest absolute Gasteiger partial charge is 0.493 e. The molecule has 5 heteroatoms. The zero-order chi connectivity index (χ0) is 14.4.